The van der Waals surface area contributed by atoms with Crippen molar-refractivity contribution in [1.29, 1.82) is 0 Å². The first-order chi connectivity index (χ1) is 29.6. The Labute approximate surface area is 354 Å². The Kier molecular flexibility index (Phi) is 9.01. The summed E-state index contributed by atoms with van der Waals surface area (Å²) in [5, 5.41) is 2.55. The predicted octanol–water partition coefficient (Wildman–Crippen LogP) is 15.0. The normalized spacial score (nSPS) is 14.4. The van der Waals surface area contributed by atoms with Crippen LogP contribution in [0.1, 0.15) is 74.4 Å². The van der Waals surface area contributed by atoms with Crippen LogP contribution < -0.4 is 0 Å². The van der Waals surface area contributed by atoms with E-state index in [4.69, 9.17) is 0 Å². The van der Waals surface area contributed by atoms with Crippen LogP contribution in [0.4, 0.5) is 0 Å². The highest BCUT2D eigenvalue weighted by Crippen LogP contribution is 2.64. The molecule has 0 spiro atoms. The van der Waals surface area contributed by atoms with Gasteiger partial charge >= 0.3 is 0 Å². The van der Waals surface area contributed by atoms with Gasteiger partial charge in [-0.05, 0) is 114 Å². The molecule has 0 bridgehead atoms. The van der Waals surface area contributed by atoms with E-state index in [1.54, 1.807) is 0 Å². The number of allylic oxidation sites excluding steroid dienone is 1. The van der Waals surface area contributed by atoms with Crippen molar-refractivity contribution in [2.24, 2.45) is 0 Å². The van der Waals surface area contributed by atoms with Crippen LogP contribution in [0, 0.1) is 0 Å². The van der Waals surface area contributed by atoms with Gasteiger partial charge in [-0.1, -0.05) is 224 Å². The van der Waals surface area contributed by atoms with Crippen LogP contribution >= 0.6 is 0 Å². The van der Waals surface area contributed by atoms with E-state index in [1.165, 1.54) is 94.2 Å². The fourth-order valence-corrected chi connectivity index (χ4v) is 10.9. The third-order valence-electron chi connectivity index (χ3n) is 13.4. The van der Waals surface area contributed by atoms with E-state index in [1.807, 2.05) is 0 Å². The van der Waals surface area contributed by atoms with Gasteiger partial charge in [0.2, 0.25) is 0 Å². The van der Waals surface area contributed by atoms with Crippen molar-refractivity contribution in [3.8, 4) is 22.3 Å². The van der Waals surface area contributed by atoms with Gasteiger partial charge in [0.25, 0.3) is 0 Å². The number of hydrogen-bond acceptors (Lipinski definition) is 0. The zero-order valence-electron chi connectivity index (χ0n) is 33.9. The molecule has 0 radical (unpaired) electrons. The molecule has 9 aromatic carbocycles. The van der Waals surface area contributed by atoms with Gasteiger partial charge in [-0.3, -0.25) is 0 Å². The molecule has 9 aromatic rings. The first-order valence-corrected chi connectivity index (χ1v) is 21.4. The van der Waals surface area contributed by atoms with Gasteiger partial charge in [0.15, 0.2) is 0 Å². The smallest absolute Gasteiger partial charge is 0.0418 e. The SMILES string of the molecule is CC1=Cc2cc(-c3cccc4ccccc34)ccc2C1C(c1ccccc1)(c1ccccc1)C1c2cc(Cc3ccccc3)ccc2-c2ccc(Cc3ccccc3)cc21. The Morgan fingerprint density at radius 3 is 1.48 bits per heavy atom. The van der Waals surface area contributed by atoms with Crippen molar-refractivity contribution >= 4 is 16.8 Å². The average Bonchev–Trinajstić information content (AvgIpc) is 3.81. The van der Waals surface area contributed by atoms with Gasteiger partial charge in [-0.25, -0.2) is 0 Å². The molecule has 0 heterocycles. The maximum absolute atomic E-state index is 2.56. The van der Waals surface area contributed by atoms with Crippen molar-refractivity contribution in [1.82, 2.24) is 0 Å². The van der Waals surface area contributed by atoms with Crippen LogP contribution in [0.15, 0.2) is 224 Å². The second kappa shape index (κ2) is 15.0. The zero-order chi connectivity index (χ0) is 40.0. The number of rotatable bonds is 9. The van der Waals surface area contributed by atoms with Crippen LogP contribution in [0.3, 0.4) is 0 Å². The third-order valence-corrected chi connectivity index (χ3v) is 13.4. The lowest BCUT2D eigenvalue weighted by Crippen LogP contribution is -2.41. The molecule has 0 amide bonds. The molecule has 0 aliphatic heterocycles. The fourth-order valence-electron chi connectivity index (χ4n) is 10.9. The highest BCUT2D eigenvalue weighted by Gasteiger charge is 2.54. The molecule has 0 fully saturated rings. The lowest BCUT2D eigenvalue weighted by molar-refractivity contribution is 0.405. The summed E-state index contributed by atoms with van der Waals surface area (Å²) in [4.78, 5) is 0. The summed E-state index contributed by atoms with van der Waals surface area (Å²) in [5.41, 5.74) is 19.7. The molecule has 0 saturated heterocycles. The van der Waals surface area contributed by atoms with Crippen molar-refractivity contribution < 1.29 is 0 Å². The quantitative estimate of drug-likeness (QED) is 0.137. The Balaban J connectivity index is 1.17. The van der Waals surface area contributed by atoms with E-state index in [2.05, 4.69) is 231 Å². The Bertz CT molecular complexity index is 2890. The molecular formula is C60H46. The average molecular weight is 767 g/mol. The van der Waals surface area contributed by atoms with Gasteiger partial charge in [0.05, 0.1) is 0 Å². The van der Waals surface area contributed by atoms with E-state index in [9.17, 15) is 0 Å². The van der Waals surface area contributed by atoms with E-state index in [0.29, 0.717) is 0 Å². The highest BCUT2D eigenvalue weighted by atomic mass is 14.6. The molecule has 286 valence electrons. The van der Waals surface area contributed by atoms with Gasteiger partial charge in [0.1, 0.15) is 0 Å². The molecular weight excluding hydrogens is 721 g/mol. The third kappa shape index (κ3) is 6.06. The lowest BCUT2D eigenvalue weighted by atomic mass is 9.54. The van der Waals surface area contributed by atoms with Gasteiger partial charge in [-0.15, -0.1) is 0 Å². The van der Waals surface area contributed by atoms with Crippen molar-refractivity contribution in [3.05, 3.63) is 280 Å². The van der Waals surface area contributed by atoms with E-state index >= 15 is 0 Å². The molecule has 2 aliphatic carbocycles. The number of hydrogen-bond donors (Lipinski definition) is 0. The summed E-state index contributed by atoms with van der Waals surface area (Å²) in [6.07, 6.45) is 4.27. The Hall–Kier alpha value is -7.02. The topological polar surface area (TPSA) is 0 Å². The van der Waals surface area contributed by atoms with Gasteiger partial charge in [0, 0.05) is 17.3 Å². The molecule has 2 aliphatic rings. The monoisotopic (exact) mass is 766 g/mol. The minimum absolute atomic E-state index is 0.0239. The summed E-state index contributed by atoms with van der Waals surface area (Å²) in [6, 6.07) is 82.3. The predicted molar refractivity (Wildman–Crippen MR) is 252 cm³/mol. The van der Waals surface area contributed by atoms with E-state index in [0.717, 1.165) is 12.8 Å². The molecule has 1 atom stereocenters. The Morgan fingerprint density at radius 1 is 0.383 bits per heavy atom. The van der Waals surface area contributed by atoms with Crippen LogP contribution in [0.25, 0.3) is 39.1 Å². The second-order valence-corrected chi connectivity index (χ2v) is 16.9. The van der Waals surface area contributed by atoms with Crippen LogP contribution in [-0.2, 0) is 18.3 Å². The van der Waals surface area contributed by atoms with Crippen molar-refractivity contribution in [2.45, 2.75) is 37.0 Å². The maximum atomic E-state index is 2.56. The molecule has 0 N–H and O–H groups in total. The summed E-state index contributed by atoms with van der Waals surface area (Å²) >= 11 is 0. The zero-order valence-corrected chi connectivity index (χ0v) is 33.9. The first-order valence-electron chi connectivity index (χ1n) is 21.4. The molecule has 1 unspecified atom stereocenters. The van der Waals surface area contributed by atoms with E-state index < -0.39 is 5.41 Å². The largest absolute Gasteiger partial charge is 0.0639 e. The van der Waals surface area contributed by atoms with Crippen LogP contribution in [0.2, 0.25) is 0 Å². The molecule has 0 nitrogen and oxygen atoms in total. The fraction of sp³-hybridized carbons (Fsp3) is 0.100. The summed E-state index contributed by atoms with van der Waals surface area (Å²) in [7, 11) is 0. The molecule has 0 heteroatoms. The summed E-state index contributed by atoms with van der Waals surface area (Å²) in [6.45, 7) is 2.39. The lowest BCUT2D eigenvalue weighted by Gasteiger charge is -2.47. The van der Waals surface area contributed by atoms with Gasteiger partial charge in [-0.2, -0.15) is 0 Å². The van der Waals surface area contributed by atoms with E-state index in [-0.39, 0.29) is 11.8 Å². The molecule has 0 saturated carbocycles. The standard InChI is InChI=1S/C60H46/c1-41-35-48-40-47(52-28-16-22-46-21-14-15-27-51(46)52)31-34-53(48)58(41)60(49-23-10-4-11-24-49,50-25-12-5-13-26-50)59-56-38-44(36-42-17-6-2-7-18-42)29-32-54(56)55-33-30-45(39-57(55)59)37-43-19-8-3-9-20-43/h2-35,38-40,58-59H,36-37H2,1H3. The minimum Gasteiger partial charge on any atom is -0.0639 e. The number of benzene rings is 9. The van der Waals surface area contributed by atoms with Gasteiger partial charge < -0.3 is 0 Å². The second-order valence-electron chi connectivity index (χ2n) is 16.9. The molecule has 60 heavy (non-hydrogen) atoms. The van der Waals surface area contributed by atoms with Crippen molar-refractivity contribution in [3.63, 3.8) is 0 Å². The van der Waals surface area contributed by atoms with Crippen LogP contribution in [-0.4, -0.2) is 0 Å². The Morgan fingerprint density at radius 2 is 0.900 bits per heavy atom. The van der Waals surface area contributed by atoms with Crippen LogP contribution in [0.5, 0.6) is 0 Å². The van der Waals surface area contributed by atoms with Crippen molar-refractivity contribution in [2.75, 3.05) is 0 Å². The maximum Gasteiger partial charge on any atom is 0.0418 e. The molecule has 0 aromatic heterocycles. The molecule has 11 rings (SSSR count). The first kappa shape index (κ1) is 36.1. The summed E-state index contributed by atoms with van der Waals surface area (Å²) < 4.78 is 0. The number of fused-ring (bicyclic) bond motifs is 5. The summed E-state index contributed by atoms with van der Waals surface area (Å²) in [5.74, 6) is 0.0917. The highest BCUT2D eigenvalue weighted by molar-refractivity contribution is 5.97. The minimum atomic E-state index is -0.494.